The van der Waals surface area contributed by atoms with Crippen molar-refractivity contribution in [3.63, 3.8) is 0 Å². The van der Waals surface area contributed by atoms with E-state index in [4.69, 9.17) is 0 Å². The minimum absolute atomic E-state index is 0. The van der Waals surface area contributed by atoms with Crippen LogP contribution in [0, 0.1) is 0 Å². The predicted octanol–water partition coefficient (Wildman–Crippen LogP) is 3.94. The topological polar surface area (TPSA) is 33.1 Å². The van der Waals surface area contributed by atoms with Gasteiger partial charge in [0.2, 0.25) is 0 Å². The third kappa shape index (κ3) is 2.14. The van der Waals surface area contributed by atoms with Gasteiger partial charge in [-0.25, -0.2) is 0 Å². The minimum atomic E-state index is 0. The van der Waals surface area contributed by atoms with Crippen LogP contribution >= 0.6 is 24.8 Å². The lowest BCUT2D eigenvalue weighted by molar-refractivity contribution is 0.482. The number of benzene rings is 2. The fraction of sp³-hybridized carbons (Fsp3) is 0. The molecule has 0 saturated carbocycles. The number of pyridine rings is 1. The van der Waals surface area contributed by atoms with Crippen molar-refractivity contribution in [2.45, 2.75) is 0 Å². The molecule has 0 bridgehead atoms. The summed E-state index contributed by atoms with van der Waals surface area (Å²) in [5, 5.41) is 12.7. The molecule has 0 fully saturated rings. The Hall–Kier alpha value is -1.51. The van der Waals surface area contributed by atoms with Gasteiger partial charge in [-0.1, -0.05) is 30.3 Å². The maximum absolute atomic E-state index is 9.83. The van der Waals surface area contributed by atoms with Crippen molar-refractivity contribution < 1.29 is 5.11 Å². The molecular formula is C13H11Cl2NO. The van der Waals surface area contributed by atoms with Crippen LogP contribution in [0.4, 0.5) is 0 Å². The monoisotopic (exact) mass is 267 g/mol. The number of hydrogen-bond acceptors (Lipinski definition) is 2. The summed E-state index contributed by atoms with van der Waals surface area (Å²) in [7, 11) is 0. The van der Waals surface area contributed by atoms with Crippen molar-refractivity contribution >= 4 is 46.5 Å². The molecule has 4 heteroatoms. The normalized spacial score (nSPS) is 9.65. The molecule has 0 amide bonds. The number of aromatic nitrogens is 1. The van der Waals surface area contributed by atoms with Gasteiger partial charge >= 0.3 is 0 Å². The van der Waals surface area contributed by atoms with Crippen LogP contribution in [0.3, 0.4) is 0 Å². The first-order valence-corrected chi connectivity index (χ1v) is 4.82. The smallest absolute Gasteiger partial charge is 0.125 e. The molecular weight excluding hydrogens is 257 g/mol. The van der Waals surface area contributed by atoms with Crippen LogP contribution in [0.15, 0.2) is 48.7 Å². The first kappa shape index (κ1) is 13.6. The standard InChI is InChI=1S/C13H9NO.2ClH/c15-12-7-3-6-11-13(12)10-5-2-1-4-9(10)8-14-11;;/h1-8,15H;2*1H. The van der Waals surface area contributed by atoms with Crippen LogP contribution in [-0.2, 0) is 0 Å². The molecule has 0 spiro atoms. The maximum Gasteiger partial charge on any atom is 0.125 e. The molecule has 0 radical (unpaired) electrons. The van der Waals surface area contributed by atoms with Crippen molar-refractivity contribution in [3.8, 4) is 5.75 Å². The summed E-state index contributed by atoms with van der Waals surface area (Å²) in [6.45, 7) is 0. The summed E-state index contributed by atoms with van der Waals surface area (Å²) in [4.78, 5) is 4.31. The molecule has 3 rings (SSSR count). The number of rotatable bonds is 0. The van der Waals surface area contributed by atoms with Crippen molar-refractivity contribution in [1.82, 2.24) is 4.98 Å². The van der Waals surface area contributed by atoms with E-state index >= 15 is 0 Å². The van der Waals surface area contributed by atoms with E-state index in [1.165, 1.54) is 0 Å². The van der Waals surface area contributed by atoms with Crippen LogP contribution in [-0.4, -0.2) is 10.1 Å². The second-order valence-corrected chi connectivity index (χ2v) is 3.52. The summed E-state index contributed by atoms with van der Waals surface area (Å²) in [5.41, 5.74) is 0.828. The van der Waals surface area contributed by atoms with E-state index < -0.39 is 0 Å². The largest absolute Gasteiger partial charge is 0.507 e. The molecule has 1 heterocycles. The number of phenols is 1. The zero-order chi connectivity index (χ0) is 10.3. The van der Waals surface area contributed by atoms with E-state index in [0.29, 0.717) is 0 Å². The summed E-state index contributed by atoms with van der Waals surface area (Å²) in [5.74, 6) is 0.289. The molecule has 0 saturated heterocycles. The van der Waals surface area contributed by atoms with Gasteiger partial charge in [-0.2, -0.15) is 0 Å². The van der Waals surface area contributed by atoms with Crippen LogP contribution in [0.25, 0.3) is 21.7 Å². The third-order valence-corrected chi connectivity index (χ3v) is 2.59. The molecule has 2 aromatic carbocycles. The van der Waals surface area contributed by atoms with Gasteiger partial charge in [-0.05, 0) is 17.5 Å². The molecule has 0 aliphatic carbocycles. The van der Waals surface area contributed by atoms with Gasteiger partial charge in [0.1, 0.15) is 5.75 Å². The lowest BCUT2D eigenvalue weighted by Gasteiger charge is -2.04. The highest BCUT2D eigenvalue weighted by molar-refractivity contribution is 6.08. The summed E-state index contributed by atoms with van der Waals surface area (Å²) in [6, 6.07) is 13.3. The van der Waals surface area contributed by atoms with Crippen molar-refractivity contribution in [1.29, 1.82) is 0 Å². The molecule has 1 N–H and O–H groups in total. The van der Waals surface area contributed by atoms with Gasteiger partial charge in [0.25, 0.3) is 0 Å². The van der Waals surface area contributed by atoms with E-state index in [0.717, 1.165) is 21.7 Å². The number of halogens is 2. The molecule has 0 aliphatic rings. The average molecular weight is 268 g/mol. The molecule has 3 aromatic rings. The van der Waals surface area contributed by atoms with Gasteiger partial charge in [0.15, 0.2) is 0 Å². The van der Waals surface area contributed by atoms with Gasteiger partial charge in [0.05, 0.1) is 5.52 Å². The Morgan fingerprint density at radius 2 is 1.65 bits per heavy atom. The summed E-state index contributed by atoms with van der Waals surface area (Å²) >= 11 is 0. The second-order valence-electron chi connectivity index (χ2n) is 3.52. The van der Waals surface area contributed by atoms with E-state index in [9.17, 15) is 5.11 Å². The molecule has 0 aliphatic heterocycles. The zero-order valence-electron chi connectivity index (χ0n) is 8.83. The Morgan fingerprint density at radius 3 is 2.47 bits per heavy atom. The second kappa shape index (κ2) is 5.21. The quantitative estimate of drug-likeness (QED) is 0.626. The first-order valence-electron chi connectivity index (χ1n) is 4.82. The van der Waals surface area contributed by atoms with Gasteiger partial charge in [-0.15, -0.1) is 24.8 Å². The Labute approximate surface area is 111 Å². The van der Waals surface area contributed by atoms with Crippen molar-refractivity contribution in [2.75, 3.05) is 0 Å². The van der Waals surface area contributed by atoms with Crippen molar-refractivity contribution in [2.24, 2.45) is 0 Å². The van der Waals surface area contributed by atoms with Crippen LogP contribution in [0.5, 0.6) is 5.75 Å². The number of aromatic hydroxyl groups is 1. The van der Waals surface area contributed by atoms with Gasteiger partial charge in [-0.3, -0.25) is 4.98 Å². The van der Waals surface area contributed by atoms with Crippen LogP contribution in [0.1, 0.15) is 0 Å². The first-order chi connectivity index (χ1) is 7.36. The highest BCUT2D eigenvalue weighted by atomic mass is 35.5. The van der Waals surface area contributed by atoms with Crippen LogP contribution < -0.4 is 0 Å². The van der Waals surface area contributed by atoms with Gasteiger partial charge < -0.3 is 5.11 Å². The fourth-order valence-corrected chi connectivity index (χ4v) is 1.89. The summed E-state index contributed by atoms with van der Waals surface area (Å²) in [6.07, 6.45) is 1.83. The summed E-state index contributed by atoms with van der Waals surface area (Å²) < 4.78 is 0. The number of fused-ring (bicyclic) bond motifs is 3. The average Bonchev–Trinajstić information content (AvgIpc) is 2.29. The Balaban J connectivity index is 0.000000722. The third-order valence-electron chi connectivity index (χ3n) is 2.59. The molecule has 1 aromatic heterocycles. The molecule has 17 heavy (non-hydrogen) atoms. The molecule has 0 atom stereocenters. The SMILES string of the molecule is Cl.Cl.Oc1cccc2ncc3ccccc3c12. The van der Waals surface area contributed by atoms with E-state index in [1.807, 2.05) is 36.5 Å². The molecule has 88 valence electrons. The Morgan fingerprint density at radius 1 is 0.882 bits per heavy atom. The van der Waals surface area contributed by atoms with E-state index in [2.05, 4.69) is 4.98 Å². The fourth-order valence-electron chi connectivity index (χ4n) is 1.89. The lowest BCUT2D eigenvalue weighted by atomic mass is 10.1. The Kier molecular flexibility index (Phi) is 4.16. The maximum atomic E-state index is 9.83. The predicted molar refractivity (Wildman–Crippen MR) is 75.4 cm³/mol. The number of phenolic OH excluding ortho intramolecular Hbond substituents is 1. The van der Waals surface area contributed by atoms with Crippen molar-refractivity contribution in [3.05, 3.63) is 48.7 Å². The Bertz CT molecular complexity index is 655. The van der Waals surface area contributed by atoms with E-state index in [1.54, 1.807) is 12.1 Å². The molecule has 2 nitrogen and oxygen atoms in total. The molecule has 0 unspecified atom stereocenters. The number of nitrogens with zero attached hydrogens (tertiary/aromatic N) is 1. The lowest BCUT2D eigenvalue weighted by Crippen LogP contribution is -1.81. The minimum Gasteiger partial charge on any atom is -0.507 e. The zero-order valence-corrected chi connectivity index (χ0v) is 10.5. The number of hydrogen-bond donors (Lipinski definition) is 1. The highest BCUT2D eigenvalue weighted by Crippen LogP contribution is 2.30. The van der Waals surface area contributed by atoms with Gasteiger partial charge in [0, 0.05) is 17.0 Å². The van der Waals surface area contributed by atoms with E-state index in [-0.39, 0.29) is 30.6 Å². The van der Waals surface area contributed by atoms with Crippen LogP contribution in [0.2, 0.25) is 0 Å². The highest BCUT2D eigenvalue weighted by Gasteiger charge is 2.04.